The molecule has 0 spiro atoms. The van der Waals surface area contributed by atoms with E-state index < -0.39 is 62.8 Å². The average molecular weight is 757 g/mol. The molecule has 1 aromatic rings. The number of fused-ring (bicyclic) bond motifs is 3. The molecular formula is C37H49ClN6O7S. The van der Waals surface area contributed by atoms with Gasteiger partial charge in [0.05, 0.1) is 17.6 Å². The van der Waals surface area contributed by atoms with Crippen LogP contribution in [0.5, 0.6) is 0 Å². The van der Waals surface area contributed by atoms with Crippen molar-refractivity contribution < 1.29 is 32.3 Å². The zero-order chi connectivity index (χ0) is 36.6. The first-order valence-electron chi connectivity index (χ1n) is 18.7. The highest BCUT2D eigenvalue weighted by atomic mass is 35.5. The minimum atomic E-state index is -3.87. The Balaban J connectivity index is 1.12. The highest BCUT2D eigenvalue weighted by Gasteiger charge is 2.62. The van der Waals surface area contributed by atoms with Gasteiger partial charge < -0.3 is 25.6 Å². The summed E-state index contributed by atoms with van der Waals surface area (Å²) in [7, 11) is -3.87. The quantitative estimate of drug-likeness (QED) is 0.289. The number of carbonyl (C=O) groups excluding carboxylic acids is 4. The van der Waals surface area contributed by atoms with Gasteiger partial charge >= 0.3 is 6.09 Å². The summed E-state index contributed by atoms with van der Waals surface area (Å²) in [5, 5.41) is 9.59. The zero-order valence-corrected chi connectivity index (χ0v) is 31.0. The Kier molecular flexibility index (Phi) is 10.5. The molecule has 15 heteroatoms. The van der Waals surface area contributed by atoms with Crippen LogP contribution in [-0.4, -0.2) is 83.6 Å². The summed E-state index contributed by atoms with van der Waals surface area (Å²) < 4.78 is 33.8. The van der Waals surface area contributed by atoms with Crippen molar-refractivity contribution in [2.75, 3.05) is 6.54 Å². The van der Waals surface area contributed by atoms with Gasteiger partial charge in [0.25, 0.3) is 5.91 Å². The molecule has 4 fully saturated rings. The minimum absolute atomic E-state index is 0.0164. The van der Waals surface area contributed by atoms with Gasteiger partial charge in [0.2, 0.25) is 21.8 Å². The number of amides is 4. The third-order valence-electron chi connectivity index (χ3n) is 11.3. The van der Waals surface area contributed by atoms with Crippen molar-refractivity contribution in [3.63, 3.8) is 0 Å². The van der Waals surface area contributed by atoms with Crippen LogP contribution in [0, 0.1) is 5.92 Å². The molecule has 0 radical (unpaired) electrons. The maximum atomic E-state index is 14.5. The van der Waals surface area contributed by atoms with E-state index in [0.717, 1.165) is 62.5 Å². The summed E-state index contributed by atoms with van der Waals surface area (Å²) in [5.74, 6) is -1.54. The number of ether oxygens (including phenoxy) is 1. The number of nitrogens with zero attached hydrogens (tertiary/aromatic N) is 2. The number of allylic oxidation sites excluding steroid dienone is 1. The maximum Gasteiger partial charge on any atom is 0.410 e. The van der Waals surface area contributed by atoms with Crippen LogP contribution >= 0.6 is 11.6 Å². The molecule has 0 unspecified atom stereocenters. The molecule has 282 valence electrons. The number of carbonyl (C=O) groups is 4. The number of halogens is 1. The van der Waals surface area contributed by atoms with E-state index in [1.54, 1.807) is 11.0 Å². The van der Waals surface area contributed by atoms with Crippen molar-refractivity contribution in [1.29, 1.82) is 0 Å². The molecule has 0 bridgehead atoms. The Hall–Kier alpha value is -3.78. The molecule has 7 rings (SSSR count). The third-order valence-corrected chi connectivity index (χ3v) is 13.4. The molecule has 5 atom stereocenters. The topological polar surface area (TPSA) is 166 Å². The molecule has 1 aromatic carbocycles. The normalized spacial score (nSPS) is 30.2. The smallest absolute Gasteiger partial charge is 0.410 e. The molecule has 1 saturated heterocycles. The molecule has 4 amide bonds. The van der Waals surface area contributed by atoms with Crippen molar-refractivity contribution in [3.05, 3.63) is 58.9 Å². The molecule has 52 heavy (non-hydrogen) atoms. The lowest BCUT2D eigenvalue weighted by atomic mass is 10.0. The van der Waals surface area contributed by atoms with E-state index in [1.165, 1.54) is 4.90 Å². The molecule has 3 aliphatic carbocycles. The van der Waals surface area contributed by atoms with Crippen molar-refractivity contribution in [2.45, 2.75) is 132 Å². The van der Waals surface area contributed by atoms with Crippen LogP contribution < -0.4 is 20.7 Å². The number of hydrogen-bond acceptors (Lipinski definition) is 9. The second kappa shape index (κ2) is 14.9. The third kappa shape index (κ3) is 8.07. The van der Waals surface area contributed by atoms with Gasteiger partial charge in [-0.2, -0.15) is 0 Å². The van der Waals surface area contributed by atoms with Gasteiger partial charge in [-0.1, -0.05) is 62.1 Å². The van der Waals surface area contributed by atoms with Gasteiger partial charge in [0.15, 0.2) is 0 Å². The predicted octanol–water partition coefficient (Wildman–Crippen LogP) is 3.73. The Morgan fingerprint density at radius 2 is 1.73 bits per heavy atom. The molecule has 3 saturated carbocycles. The number of sulfonamides is 1. The van der Waals surface area contributed by atoms with Gasteiger partial charge in [-0.25, -0.2) is 13.2 Å². The van der Waals surface area contributed by atoms with Gasteiger partial charge in [-0.3, -0.25) is 24.0 Å². The fourth-order valence-electron chi connectivity index (χ4n) is 8.13. The van der Waals surface area contributed by atoms with E-state index in [1.807, 2.05) is 24.3 Å². The first kappa shape index (κ1) is 36.6. The van der Waals surface area contributed by atoms with Crippen molar-refractivity contribution >= 4 is 45.4 Å². The minimum Gasteiger partial charge on any atom is -0.444 e. The van der Waals surface area contributed by atoms with Crippen LogP contribution in [0.2, 0.25) is 5.02 Å². The van der Waals surface area contributed by atoms with Crippen molar-refractivity contribution in [2.24, 2.45) is 5.92 Å². The molecule has 3 heterocycles. The van der Waals surface area contributed by atoms with Gasteiger partial charge in [0.1, 0.15) is 23.7 Å². The fourth-order valence-corrected chi connectivity index (χ4v) is 9.68. The van der Waals surface area contributed by atoms with E-state index >= 15 is 0 Å². The first-order valence-corrected chi connectivity index (χ1v) is 20.6. The van der Waals surface area contributed by atoms with Crippen LogP contribution in [0.25, 0.3) is 0 Å². The fraction of sp³-hybridized carbons (Fsp3) is 0.622. The Labute approximate surface area is 310 Å². The lowest BCUT2D eigenvalue weighted by molar-refractivity contribution is -0.141. The SMILES string of the molecule is C=C(NC1CCCC1)N[C@H]1CCCCC/C=C\[C@@H]2C[C@@]2(C(=O)NS(=O)(=O)C2CC2)NC(=O)[C@@H]2C[C@@H](OC(=O)N3Cc4ccc(Cl)cc4C3)CN2C1=O. The summed E-state index contributed by atoms with van der Waals surface area (Å²) in [5.41, 5.74) is 0.424. The van der Waals surface area contributed by atoms with Gasteiger partial charge in [-0.15, -0.1) is 0 Å². The number of hydrogen-bond donors (Lipinski definition) is 4. The van der Waals surface area contributed by atoms with Crippen molar-refractivity contribution in [3.8, 4) is 0 Å². The van der Waals surface area contributed by atoms with Gasteiger partial charge in [-0.05, 0) is 74.6 Å². The van der Waals surface area contributed by atoms with Crippen LogP contribution in [0.1, 0.15) is 94.6 Å². The van der Waals surface area contributed by atoms with E-state index in [4.69, 9.17) is 16.3 Å². The van der Waals surface area contributed by atoms with Crippen molar-refractivity contribution in [1.82, 2.24) is 30.5 Å². The number of rotatable bonds is 8. The molecule has 4 N–H and O–H groups in total. The highest BCUT2D eigenvalue weighted by molar-refractivity contribution is 7.91. The van der Waals surface area contributed by atoms with E-state index in [-0.39, 0.29) is 31.3 Å². The van der Waals surface area contributed by atoms with E-state index in [9.17, 15) is 27.6 Å². The van der Waals surface area contributed by atoms with E-state index in [0.29, 0.717) is 43.2 Å². The Morgan fingerprint density at radius 1 is 0.981 bits per heavy atom. The summed E-state index contributed by atoms with van der Waals surface area (Å²) in [6.45, 7) is 4.83. The predicted molar refractivity (Wildman–Crippen MR) is 194 cm³/mol. The molecule has 0 aromatic heterocycles. The Bertz CT molecular complexity index is 1740. The Morgan fingerprint density at radius 3 is 2.50 bits per heavy atom. The largest absolute Gasteiger partial charge is 0.444 e. The monoisotopic (exact) mass is 756 g/mol. The summed E-state index contributed by atoms with van der Waals surface area (Å²) >= 11 is 6.17. The number of nitrogens with one attached hydrogen (secondary N) is 4. The second-order valence-electron chi connectivity index (χ2n) is 15.3. The molecule has 6 aliphatic rings. The number of benzene rings is 1. The summed E-state index contributed by atoms with van der Waals surface area (Å²) in [6.07, 6.45) is 11.8. The summed E-state index contributed by atoms with van der Waals surface area (Å²) in [6, 6.07) is 4.00. The molecule has 13 nitrogen and oxygen atoms in total. The lowest BCUT2D eigenvalue weighted by Gasteiger charge is -2.31. The zero-order valence-electron chi connectivity index (χ0n) is 29.4. The van der Waals surface area contributed by atoms with Crippen LogP contribution in [0.4, 0.5) is 4.79 Å². The van der Waals surface area contributed by atoms with Crippen LogP contribution in [0.3, 0.4) is 0 Å². The molecular weight excluding hydrogens is 708 g/mol. The van der Waals surface area contributed by atoms with Gasteiger partial charge in [0, 0.05) is 36.5 Å². The molecule has 3 aliphatic heterocycles. The lowest BCUT2D eigenvalue weighted by Crippen LogP contribution is -2.58. The van der Waals surface area contributed by atoms with Crippen LogP contribution in [-0.2, 0) is 42.2 Å². The average Bonchev–Trinajstić information content (AvgIpc) is 3.89. The first-order chi connectivity index (χ1) is 24.9. The highest BCUT2D eigenvalue weighted by Crippen LogP contribution is 2.46. The summed E-state index contributed by atoms with van der Waals surface area (Å²) in [4.78, 5) is 58.9. The standard InChI is InChI=1S/C37H49ClN6O7S/c1-23(39-28-10-7-8-11-28)40-31-12-6-4-2-3-5-9-26-19-37(26,35(47)42-52(49,50)30-15-16-30)41-33(45)32-18-29(22-44(32)34(31)46)51-36(48)43-20-24-13-14-27(38)17-25(24)21-43/h5,9,13-14,17,26,28-32,39-40H,1-4,6-8,10-12,15-16,18-22H2,(H,41,45)(H,42,47)/b9-5-/t26-,29-,31+,32+,37-/m1/s1. The maximum absolute atomic E-state index is 14.5. The second-order valence-corrected chi connectivity index (χ2v) is 17.7. The van der Waals surface area contributed by atoms with E-state index in [2.05, 4.69) is 27.3 Å². The van der Waals surface area contributed by atoms with Crippen LogP contribution in [0.15, 0.2) is 42.8 Å².